The predicted molar refractivity (Wildman–Crippen MR) is 154 cm³/mol. The molecule has 3 aliphatic heterocycles. The Morgan fingerprint density at radius 2 is 1.88 bits per heavy atom. The van der Waals surface area contributed by atoms with Gasteiger partial charge in [0.1, 0.15) is 31.2 Å². The zero-order chi connectivity index (χ0) is 29.6. The lowest BCUT2D eigenvalue weighted by Crippen LogP contribution is -2.33. The fourth-order valence-corrected chi connectivity index (χ4v) is 5.48. The Bertz CT molecular complexity index is 1690. The Balaban J connectivity index is 1.06. The summed E-state index contributed by atoms with van der Waals surface area (Å²) < 4.78 is 37.1. The molecular weight excluding hydrogens is 554 g/mol. The Morgan fingerprint density at radius 3 is 2.74 bits per heavy atom. The summed E-state index contributed by atoms with van der Waals surface area (Å²) in [4.78, 5) is 26.0. The molecule has 2 unspecified atom stereocenters. The van der Waals surface area contributed by atoms with Crippen molar-refractivity contribution in [1.82, 2.24) is 19.5 Å². The molecule has 12 nitrogen and oxygen atoms in total. The quantitative estimate of drug-likeness (QED) is 0.237. The van der Waals surface area contributed by atoms with Crippen molar-refractivity contribution in [2.75, 3.05) is 18.7 Å². The molecule has 43 heavy (non-hydrogen) atoms. The molecule has 0 amide bonds. The lowest BCUT2D eigenvalue weighted by Gasteiger charge is -2.24. The smallest absolute Gasteiger partial charge is 0.330 e. The van der Waals surface area contributed by atoms with Gasteiger partial charge >= 0.3 is 5.97 Å². The van der Waals surface area contributed by atoms with Crippen molar-refractivity contribution in [3.8, 4) is 11.5 Å². The first-order chi connectivity index (χ1) is 20.8. The van der Waals surface area contributed by atoms with Crippen LogP contribution in [0.2, 0.25) is 0 Å². The number of rotatable bonds is 8. The number of nitrogens with one attached hydrogen (secondary N) is 1. The van der Waals surface area contributed by atoms with Crippen molar-refractivity contribution in [3.63, 3.8) is 0 Å². The van der Waals surface area contributed by atoms with E-state index >= 15 is 0 Å². The van der Waals surface area contributed by atoms with E-state index in [1.165, 1.54) is 12.4 Å². The maximum atomic E-state index is 12.5. The van der Waals surface area contributed by atoms with Crippen molar-refractivity contribution < 1.29 is 33.2 Å². The second-order valence-corrected chi connectivity index (χ2v) is 11.1. The van der Waals surface area contributed by atoms with Gasteiger partial charge in [0.05, 0.1) is 6.33 Å². The molecule has 0 aliphatic carbocycles. The molecule has 0 radical (unpaired) electrons. The van der Waals surface area contributed by atoms with Crippen LogP contribution >= 0.6 is 0 Å². The second-order valence-electron chi connectivity index (χ2n) is 11.1. The fourth-order valence-electron chi connectivity index (χ4n) is 5.48. The molecule has 12 heteroatoms. The predicted octanol–water partition coefficient (Wildman–Crippen LogP) is 4.15. The van der Waals surface area contributed by atoms with Gasteiger partial charge in [-0.2, -0.15) is 0 Å². The molecule has 0 bridgehead atoms. The van der Waals surface area contributed by atoms with E-state index in [9.17, 15) is 4.79 Å². The number of anilines is 1. The highest BCUT2D eigenvalue weighted by Gasteiger charge is 2.56. The number of esters is 1. The van der Waals surface area contributed by atoms with Crippen LogP contribution in [-0.4, -0.2) is 63.0 Å². The number of benzene rings is 2. The highest BCUT2D eigenvalue weighted by atomic mass is 16.8. The van der Waals surface area contributed by atoms with Crippen molar-refractivity contribution in [2.45, 2.75) is 57.6 Å². The van der Waals surface area contributed by atoms with E-state index < -0.39 is 36.3 Å². The first kappa shape index (κ1) is 27.3. The number of hydrogen-bond acceptors (Lipinski definition) is 11. The zero-order valence-corrected chi connectivity index (χ0v) is 23.9. The van der Waals surface area contributed by atoms with Gasteiger partial charge in [0, 0.05) is 12.6 Å². The fraction of sp³-hybridized carbons (Fsp3) is 0.355. The molecule has 2 aromatic heterocycles. The van der Waals surface area contributed by atoms with Crippen LogP contribution in [0.15, 0.2) is 61.2 Å². The van der Waals surface area contributed by atoms with Crippen LogP contribution in [0.3, 0.4) is 0 Å². The number of imidazole rings is 1. The number of aryl methyl sites for hydroxylation is 1. The van der Waals surface area contributed by atoms with E-state index in [4.69, 9.17) is 28.4 Å². The van der Waals surface area contributed by atoms with E-state index in [2.05, 4.69) is 20.3 Å². The molecule has 3 aliphatic rings. The minimum Gasteiger partial charge on any atom is -0.460 e. The summed E-state index contributed by atoms with van der Waals surface area (Å²) in [6, 6.07) is 13.6. The third-order valence-corrected chi connectivity index (χ3v) is 7.53. The highest BCUT2D eigenvalue weighted by molar-refractivity contribution is 5.87. The number of fused-ring (bicyclic) bond motifs is 3. The van der Waals surface area contributed by atoms with Crippen molar-refractivity contribution in [3.05, 3.63) is 77.9 Å². The van der Waals surface area contributed by atoms with Crippen LogP contribution < -0.4 is 14.8 Å². The number of nitrogens with zero attached hydrogens (tertiary/aromatic N) is 4. The minimum absolute atomic E-state index is 0.00186. The molecule has 2 saturated heterocycles. The molecule has 0 saturated carbocycles. The molecular formula is C31H31N5O7. The van der Waals surface area contributed by atoms with Crippen LogP contribution in [0, 0.1) is 6.92 Å². The second kappa shape index (κ2) is 11.0. The van der Waals surface area contributed by atoms with Crippen LogP contribution in [0.5, 0.6) is 11.5 Å². The van der Waals surface area contributed by atoms with Crippen molar-refractivity contribution >= 4 is 29.0 Å². The van der Waals surface area contributed by atoms with E-state index in [1.807, 2.05) is 67.8 Å². The largest absolute Gasteiger partial charge is 0.460 e. The van der Waals surface area contributed by atoms with Gasteiger partial charge in [-0.25, -0.2) is 19.7 Å². The average Bonchev–Trinajstić information content (AvgIpc) is 3.77. The molecule has 2 fully saturated rings. The van der Waals surface area contributed by atoms with E-state index in [-0.39, 0.29) is 13.4 Å². The molecule has 4 aromatic rings. The number of carbonyl (C=O) groups is 1. The Morgan fingerprint density at radius 1 is 1.07 bits per heavy atom. The number of hydrogen-bond donors (Lipinski definition) is 1. The van der Waals surface area contributed by atoms with Crippen molar-refractivity contribution in [2.24, 2.45) is 0 Å². The lowest BCUT2D eigenvalue weighted by atomic mass is 10.1. The standard InChI is InChI=1S/C31H31N5O7/c1-18-4-6-19(7-5-18)9-11-24(37)38-14-23-26-27(43-31(2,3)42-26)30(41-23)36-16-35-25-28(33-15-34-29(25)36)32-13-20-8-10-21-22(12-20)40-17-39-21/h4-12,15-16,23,26-27,30H,13-14,17H2,1-3H3,(H,32,33,34)/b11-9+/t23-,26?,27?,30-/m1/s1. The Kier molecular flexibility index (Phi) is 6.96. The maximum absolute atomic E-state index is 12.5. The summed E-state index contributed by atoms with van der Waals surface area (Å²) in [5.74, 6) is 0.712. The first-order valence-corrected chi connectivity index (χ1v) is 14.1. The number of aromatic nitrogens is 4. The normalized spacial score (nSPS) is 23.6. The SMILES string of the molecule is Cc1ccc(/C=C/C(=O)OC[C@H]2O[C@@H](n3cnc4c(NCc5ccc6c(c5)OCO6)ncnc43)C3OC(C)(C)OC32)cc1. The summed E-state index contributed by atoms with van der Waals surface area (Å²) in [5, 5.41) is 3.34. The van der Waals surface area contributed by atoms with Gasteiger partial charge in [0.2, 0.25) is 6.79 Å². The summed E-state index contributed by atoms with van der Waals surface area (Å²) in [6.45, 7) is 6.43. The summed E-state index contributed by atoms with van der Waals surface area (Å²) in [6.07, 6.45) is 4.15. The Hall–Kier alpha value is -4.52. The molecule has 5 heterocycles. The molecule has 2 aromatic carbocycles. The molecule has 222 valence electrons. The van der Waals surface area contributed by atoms with Crippen LogP contribution in [0.25, 0.3) is 17.2 Å². The molecule has 7 rings (SSSR count). The topological polar surface area (TPSA) is 128 Å². The summed E-state index contributed by atoms with van der Waals surface area (Å²) in [5.41, 5.74) is 4.21. The van der Waals surface area contributed by atoms with Gasteiger partial charge < -0.3 is 33.7 Å². The monoisotopic (exact) mass is 585 g/mol. The van der Waals surface area contributed by atoms with Crippen molar-refractivity contribution in [1.29, 1.82) is 0 Å². The lowest BCUT2D eigenvalue weighted by molar-refractivity contribution is -0.201. The summed E-state index contributed by atoms with van der Waals surface area (Å²) >= 11 is 0. The van der Waals surface area contributed by atoms with Crippen LogP contribution in [0.1, 0.15) is 36.8 Å². The summed E-state index contributed by atoms with van der Waals surface area (Å²) in [7, 11) is 0. The number of ether oxygens (including phenoxy) is 6. The molecule has 0 spiro atoms. The third-order valence-electron chi connectivity index (χ3n) is 7.53. The average molecular weight is 586 g/mol. The van der Waals surface area contributed by atoms with E-state index in [0.717, 1.165) is 22.4 Å². The van der Waals surface area contributed by atoms with Crippen LogP contribution in [0.4, 0.5) is 5.82 Å². The Labute approximate surface area is 247 Å². The third kappa shape index (κ3) is 5.52. The minimum atomic E-state index is -0.840. The van der Waals surface area contributed by atoms with Gasteiger partial charge in [-0.3, -0.25) is 4.57 Å². The first-order valence-electron chi connectivity index (χ1n) is 14.1. The highest BCUT2D eigenvalue weighted by Crippen LogP contribution is 2.44. The molecule has 1 N–H and O–H groups in total. The van der Waals surface area contributed by atoms with Gasteiger partial charge in [-0.15, -0.1) is 0 Å². The van der Waals surface area contributed by atoms with Gasteiger partial charge in [0.25, 0.3) is 0 Å². The molecule has 4 atom stereocenters. The van der Waals surface area contributed by atoms with Gasteiger partial charge in [0.15, 0.2) is 40.5 Å². The van der Waals surface area contributed by atoms with Gasteiger partial charge in [-0.05, 0) is 50.1 Å². The van der Waals surface area contributed by atoms with E-state index in [1.54, 1.807) is 12.4 Å². The van der Waals surface area contributed by atoms with Crippen LogP contribution in [-0.2, 0) is 30.3 Å². The zero-order valence-electron chi connectivity index (χ0n) is 23.9. The van der Waals surface area contributed by atoms with Gasteiger partial charge in [-0.1, -0.05) is 35.9 Å². The maximum Gasteiger partial charge on any atom is 0.330 e. The van der Waals surface area contributed by atoms with E-state index in [0.29, 0.717) is 29.3 Å². The number of carbonyl (C=O) groups excluding carboxylic acids is 1.